The molecular formula is C16H19IN2O3. The van der Waals surface area contributed by atoms with Gasteiger partial charge in [-0.3, -0.25) is 0 Å². The molecule has 1 unspecified atom stereocenters. The monoisotopic (exact) mass is 414 g/mol. The molecule has 1 saturated heterocycles. The Labute approximate surface area is 143 Å². The quantitative estimate of drug-likeness (QED) is 0.713. The lowest BCUT2D eigenvalue weighted by Gasteiger charge is -2.22. The molecule has 1 atom stereocenters. The maximum absolute atomic E-state index is 5.77. The molecule has 1 aliphatic rings. The third-order valence-electron chi connectivity index (χ3n) is 3.83. The molecule has 118 valence electrons. The third kappa shape index (κ3) is 3.08. The van der Waals surface area contributed by atoms with Crippen LogP contribution >= 0.6 is 22.6 Å². The number of methoxy groups -OCH3 is 2. The van der Waals surface area contributed by atoms with Gasteiger partial charge < -0.3 is 14.2 Å². The van der Waals surface area contributed by atoms with E-state index in [2.05, 4.69) is 27.7 Å². The van der Waals surface area contributed by atoms with Gasteiger partial charge in [0, 0.05) is 18.4 Å². The molecule has 1 aromatic carbocycles. The Hall–Kier alpha value is -1.28. The van der Waals surface area contributed by atoms with Crippen molar-refractivity contribution in [3.8, 4) is 22.6 Å². The minimum atomic E-state index is 0.0511. The van der Waals surface area contributed by atoms with E-state index in [-0.39, 0.29) is 6.23 Å². The molecule has 1 aliphatic heterocycles. The predicted molar refractivity (Wildman–Crippen MR) is 92.3 cm³/mol. The standard InChI is InChI=1S/C16H19IN2O3/c1-20-13-7-11(8-14(21-2)16(13)17)12-9-18-19(10-12)15-5-3-4-6-22-15/h7-10,15H,3-6H2,1-2H3. The summed E-state index contributed by atoms with van der Waals surface area (Å²) in [6, 6.07) is 4.01. The van der Waals surface area contributed by atoms with Crippen LogP contribution in [0.3, 0.4) is 0 Å². The topological polar surface area (TPSA) is 45.5 Å². The van der Waals surface area contributed by atoms with E-state index < -0.39 is 0 Å². The summed E-state index contributed by atoms with van der Waals surface area (Å²) in [4.78, 5) is 0. The maximum Gasteiger partial charge on any atom is 0.150 e. The zero-order valence-corrected chi connectivity index (χ0v) is 14.9. The van der Waals surface area contributed by atoms with Crippen molar-refractivity contribution in [1.29, 1.82) is 0 Å². The van der Waals surface area contributed by atoms with E-state index in [1.165, 1.54) is 6.42 Å². The first-order valence-electron chi connectivity index (χ1n) is 7.30. The second-order valence-electron chi connectivity index (χ2n) is 5.22. The van der Waals surface area contributed by atoms with Gasteiger partial charge in [0.15, 0.2) is 0 Å². The van der Waals surface area contributed by atoms with Gasteiger partial charge in [-0.05, 0) is 59.5 Å². The molecule has 2 aromatic rings. The molecule has 0 saturated carbocycles. The van der Waals surface area contributed by atoms with Gasteiger partial charge in [0.1, 0.15) is 17.7 Å². The molecule has 0 bridgehead atoms. The first-order chi connectivity index (χ1) is 10.7. The Balaban J connectivity index is 1.92. The summed E-state index contributed by atoms with van der Waals surface area (Å²) in [5.74, 6) is 1.60. The fraction of sp³-hybridized carbons (Fsp3) is 0.438. The van der Waals surface area contributed by atoms with Crippen LogP contribution in [0.1, 0.15) is 25.5 Å². The normalized spacial score (nSPS) is 18.2. The van der Waals surface area contributed by atoms with Crippen LogP contribution in [0.2, 0.25) is 0 Å². The Morgan fingerprint density at radius 2 is 1.91 bits per heavy atom. The summed E-state index contributed by atoms with van der Waals surface area (Å²) < 4.78 is 19.5. The average molecular weight is 414 g/mol. The van der Waals surface area contributed by atoms with E-state index >= 15 is 0 Å². The summed E-state index contributed by atoms with van der Waals surface area (Å²) in [5, 5.41) is 4.46. The average Bonchev–Trinajstić information content (AvgIpc) is 3.06. The van der Waals surface area contributed by atoms with E-state index in [0.29, 0.717) is 0 Å². The van der Waals surface area contributed by atoms with Gasteiger partial charge in [-0.2, -0.15) is 5.10 Å². The van der Waals surface area contributed by atoms with Crippen LogP contribution in [0.4, 0.5) is 0 Å². The van der Waals surface area contributed by atoms with E-state index in [9.17, 15) is 0 Å². The second kappa shape index (κ2) is 6.87. The summed E-state index contributed by atoms with van der Waals surface area (Å²) in [6.45, 7) is 0.811. The Kier molecular flexibility index (Phi) is 4.87. The molecule has 3 rings (SSSR count). The summed E-state index contributed by atoms with van der Waals surface area (Å²) in [5.41, 5.74) is 2.05. The smallest absolute Gasteiger partial charge is 0.150 e. The fourth-order valence-electron chi connectivity index (χ4n) is 2.61. The highest BCUT2D eigenvalue weighted by Crippen LogP contribution is 2.36. The van der Waals surface area contributed by atoms with Crippen molar-refractivity contribution in [2.75, 3.05) is 20.8 Å². The molecule has 0 spiro atoms. The number of aromatic nitrogens is 2. The first-order valence-corrected chi connectivity index (χ1v) is 8.38. The Morgan fingerprint density at radius 1 is 1.18 bits per heavy atom. The van der Waals surface area contributed by atoms with Crippen LogP contribution in [-0.4, -0.2) is 30.6 Å². The van der Waals surface area contributed by atoms with Crippen molar-refractivity contribution < 1.29 is 14.2 Å². The predicted octanol–water partition coefficient (Wildman–Crippen LogP) is 3.87. The minimum Gasteiger partial charge on any atom is -0.495 e. The van der Waals surface area contributed by atoms with Gasteiger partial charge >= 0.3 is 0 Å². The van der Waals surface area contributed by atoms with E-state index in [0.717, 1.165) is 45.6 Å². The van der Waals surface area contributed by atoms with Gasteiger partial charge in [-0.15, -0.1) is 0 Å². The second-order valence-corrected chi connectivity index (χ2v) is 6.30. The zero-order chi connectivity index (χ0) is 15.5. The number of hydrogen-bond acceptors (Lipinski definition) is 4. The Bertz CT molecular complexity index is 626. The van der Waals surface area contributed by atoms with Crippen molar-refractivity contribution in [3.63, 3.8) is 0 Å². The number of rotatable bonds is 4. The highest BCUT2D eigenvalue weighted by Gasteiger charge is 2.18. The van der Waals surface area contributed by atoms with Crippen LogP contribution in [0.15, 0.2) is 24.5 Å². The number of ether oxygens (including phenoxy) is 3. The fourth-order valence-corrected chi connectivity index (χ4v) is 3.36. The third-order valence-corrected chi connectivity index (χ3v) is 4.89. The molecule has 1 aromatic heterocycles. The van der Waals surface area contributed by atoms with Crippen molar-refractivity contribution in [1.82, 2.24) is 9.78 Å². The molecule has 1 fully saturated rings. The first kappa shape index (κ1) is 15.6. The molecular weight excluding hydrogens is 395 g/mol. The molecule has 2 heterocycles. The van der Waals surface area contributed by atoms with Gasteiger partial charge in [0.25, 0.3) is 0 Å². The summed E-state index contributed by atoms with van der Waals surface area (Å²) in [7, 11) is 3.33. The van der Waals surface area contributed by atoms with Crippen LogP contribution in [0, 0.1) is 3.57 Å². The van der Waals surface area contributed by atoms with E-state index in [1.807, 2.05) is 29.2 Å². The number of halogens is 1. The lowest BCUT2D eigenvalue weighted by atomic mass is 10.1. The maximum atomic E-state index is 5.77. The molecule has 0 aliphatic carbocycles. The lowest BCUT2D eigenvalue weighted by molar-refractivity contribution is -0.0394. The molecule has 0 N–H and O–H groups in total. The van der Waals surface area contributed by atoms with Crippen LogP contribution in [0.25, 0.3) is 11.1 Å². The lowest BCUT2D eigenvalue weighted by Crippen LogP contribution is -2.18. The van der Waals surface area contributed by atoms with Gasteiger partial charge in [0.05, 0.1) is 24.0 Å². The zero-order valence-electron chi connectivity index (χ0n) is 12.7. The highest BCUT2D eigenvalue weighted by atomic mass is 127. The molecule has 6 heteroatoms. The minimum absolute atomic E-state index is 0.0511. The van der Waals surface area contributed by atoms with Crippen LogP contribution in [0.5, 0.6) is 11.5 Å². The van der Waals surface area contributed by atoms with E-state index in [1.54, 1.807) is 14.2 Å². The number of benzene rings is 1. The summed E-state index contributed by atoms with van der Waals surface area (Å²) >= 11 is 2.23. The molecule has 5 nitrogen and oxygen atoms in total. The van der Waals surface area contributed by atoms with Crippen molar-refractivity contribution in [3.05, 3.63) is 28.1 Å². The van der Waals surface area contributed by atoms with Gasteiger partial charge in [0.2, 0.25) is 0 Å². The largest absolute Gasteiger partial charge is 0.495 e. The van der Waals surface area contributed by atoms with Crippen molar-refractivity contribution in [2.24, 2.45) is 0 Å². The molecule has 0 radical (unpaired) electrons. The van der Waals surface area contributed by atoms with E-state index in [4.69, 9.17) is 14.2 Å². The Morgan fingerprint density at radius 3 is 2.50 bits per heavy atom. The SMILES string of the molecule is COc1cc(-c2cnn(C3CCCCO3)c2)cc(OC)c1I. The van der Waals surface area contributed by atoms with Gasteiger partial charge in [-0.25, -0.2) is 4.68 Å². The van der Waals surface area contributed by atoms with Crippen LogP contribution in [-0.2, 0) is 4.74 Å². The molecule has 22 heavy (non-hydrogen) atoms. The van der Waals surface area contributed by atoms with Crippen molar-refractivity contribution in [2.45, 2.75) is 25.5 Å². The number of nitrogens with zero attached hydrogens (tertiary/aromatic N) is 2. The molecule has 0 amide bonds. The van der Waals surface area contributed by atoms with Gasteiger partial charge in [-0.1, -0.05) is 0 Å². The van der Waals surface area contributed by atoms with Crippen LogP contribution < -0.4 is 9.47 Å². The van der Waals surface area contributed by atoms with Crippen molar-refractivity contribution >= 4 is 22.6 Å². The highest BCUT2D eigenvalue weighted by molar-refractivity contribution is 14.1. The number of hydrogen-bond donors (Lipinski definition) is 0. The summed E-state index contributed by atoms with van der Waals surface area (Å²) in [6.07, 6.45) is 7.27.